The Hall–Kier alpha value is -0.860. The smallest absolute Gasteiger partial charge is 0.0612 e. The van der Waals surface area contributed by atoms with Crippen molar-refractivity contribution in [2.24, 2.45) is 5.92 Å². The summed E-state index contributed by atoms with van der Waals surface area (Å²) in [5.74, 6) is 0.612. The van der Waals surface area contributed by atoms with E-state index in [0.717, 1.165) is 25.9 Å². The second-order valence-corrected chi connectivity index (χ2v) is 5.91. The van der Waals surface area contributed by atoms with E-state index in [4.69, 9.17) is 4.74 Å². The average molecular weight is 261 g/mol. The summed E-state index contributed by atoms with van der Waals surface area (Å²) in [6, 6.07) is 11.8. The zero-order valence-electron chi connectivity index (χ0n) is 12.4. The Morgan fingerprint density at radius 2 is 2.00 bits per heavy atom. The third-order valence-electron chi connectivity index (χ3n) is 4.11. The van der Waals surface area contributed by atoms with E-state index >= 15 is 0 Å². The summed E-state index contributed by atoms with van der Waals surface area (Å²) >= 11 is 0. The lowest BCUT2D eigenvalue weighted by Gasteiger charge is -2.34. The molecule has 2 nitrogen and oxygen atoms in total. The molecule has 0 amide bonds. The lowest BCUT2D eigenvalue weighted by Crippen LogP contribution is -2.42. The molecule has 106 valence electrons. The van der Waals surface area contributed by atoms with Gasteiger partial charge in [0, 0.05) is 18.7 Å². The SMILES string of the molecule is CCC(NC1CCOC(C(C)C)C1)c1ccccc1. The molecule has 1 saturated heterocycles. The summed E-state index contributed by atoms with van der Waals surface area (Å²) in [4.78, 5) is 0. The van der Waals surface area contributed by atoms with Crippen LogP contribution in [0.4, 0.5) is 0 Å². The van der Waals surface area contributed by atoms with Crippen LogP contribution < -0.4 is 5.32 Å². The molecule has 0 aliphatic carbocycles. The van der Waals surface area contributed by atoms with Gasteiger partial charge in [0.05, 0.1) is 6.10 Å². The topological polar surface area (TPSA) is 21.3 Å². The van der Waals surface area contributed by atoms with Crippen LogP contribution in [0.5, 0.6) is 0 Å². The van der Waals surface area contributed by atoms with E-state index < -0.39 is 0 Å². The molecular formula is C17H27NO. The van der Waals surface area contributed by atoms with Gasteiger partial charge in [0.1, 0.15) is 0 Å². The van der Waals surface area contributed by atoms with Crippen molar-refractivity contribution >= 4 is 0 Å². The van der Waals surface area contributed by atoms with Crippen molar-refractivity contribution in [1.82, 2.24) is 5.32 Å². The molecule has 0 radical (unpaired) electrons. The molecule has 0 aromatic heterocycles. The van der Waals surface area contributed by atoms with Crippen molar-refractivity contribution in [2.45, 2.75) is 58.2 Å². The standard InChI is InChI=1S/C17H27NO/c1-4-16(14-8-6-5-7-9-14)18-15-10-11-19-17(12-15)13(2)3/h5-9,13,15-18H,4,10-12H2,1-3H3. The van der Waals surface area contributed by atoms with Gasteiger partial charge in [-0.2, -0.15) is 0 Å². The third-order valence-corrected chi connectivity index (χ3v) is 4.11. The molecule has 1 aromatic rings. The second kappa shape index (κ2) is 7.06. The van der Waals surface area contributed by atoms with Gasteiger partial charge in [-0.15, -0.1) is 0 Å². The first-order valence-corrected chi connectivity index (χ1v) is 7.63. The van der Waals surface area contributed by atoms with E-state index in [1.54, 1.807) is 0 Å². The Morgan fingerprint density at radius 3 is 2.63 bits per heavy atom. The fraction of sp³-hybridized carbons (Fsp3) is 0.647. The Labute approximate surface area is 117 Å². The minimum absolute atomic E-state index is 0.416. The normalized spacial score (nSPS) is 25.5. The van der Waals surface area contributed by atoms with Crippen LogP contribution in [0.3, 0.4) is 0 Å². The summed E-state index contributed by atoms with van der Waals surface area (Å²) in [7, 11) is 0. The zero-order valence-corrected chi connectivity index (χ0v) is 12.4. The molecule has 19 heavy (non-hydrogen) atoms. The molecule has 1 heterocycles. The summed E-state index contributed by atoms with van der Waals surface area (Å²) in [6.45, 7) is 7.65. The van der Waals surface area contributed by atoms with Gasteiger partial charge >= 0.3 is 0 Å². The van der Waals surface area contributed by atoms with Crippen molar-refractivity contribution < 1.29 is 4.74 Å². The lowest BCUT2D eigenvalue weighted by atomic mass is 9.93. The number of rotatable bonds is 5. The van der Waals surface area contributed by atoms with Crippen LogP contribution in [0.15, 0.2) is 30.3 Å². The molecular weight excluding hydrogens is 234 g/mol. The Morgan fingerprint density at radius 1 is 1.26 bits per heavy atom. The van der Waals surface area contributed by atoms with Crippen LogP contribution in [-0.2, 0) is 4.74 Å². The molecule has 0 bridgehead atoms. The molecule has 1 fully saturated rings. The largest absolute Gasteiger partial charge is 0.378 e. The van der Waals surface area contributed by atoms with Crippen LogP contribution in [0.1, 0.15) is 51.6 Å². The fourth-order valence-corrected chi connectivity index (χ4v) is 2.86. The predicted molar refractivity (Wildman–Crippen MR) is 80.2 cm³/mol. The maximum absolute atomic E-state index is 5.85. The first-order chi connectivity index (χ1) is 9.20. The predicted octanol–water partition coefficient (Wildman–Crippen LogP) is 3.93. The summed E-state index contributed by atoms with van der Waals surface area (Å²) in [5, 5.41) is 3.83. The second-order valence-electron chi connectivity index (χ2n) is 5.91. The summed E-state index contributed by atoms with van der Waals surface area (Å²) in [5.41, 5.74) is 1.40. The van der Waals surface area contributed by atoms with E-state index in [-0.39, 0.29) is 0 Å². The van der Waals surface area contributed by atoms with Crippen molar-refractivity contribution in [2.75, 3.05) is 6.61 Å². The number of hydrogen-bond acceptors (Lipinski definition) is 2. The van der Waals surface area contributed by atoms with Gasteiger partial charge < -0.3 is 10.1 Å². The quantitative estimate of drug-likeness (QED) is 0.867. The van der Waals surface area contributed by atoms with Gasteiger partial charge in [-0.3, -0.25) is 0 Å². The Kier molecular flexibility index (Phi) is 5.41. The Balaban J connectivity index is 1.95. The highest BCUT2D eigenvalue weighted by atomic mass is 16.5. The van der Waals surface area contributed by atoms with Gasteiger partial charge in [0.15, 0.2) is 0 Å². The fourth-order valence-electron chi connectivity index (χ4n) is 2.86. The maximum atomic E-state index is 5.85. The summed E-state index contributed by atoms with van der Waals surface area (Å²) in [6.07, 6.45) is 3.82. The lowest BCUT2D eigenvalue weighted by molar-refractivity contribution is -0.0260. The van der Waals surface area contributed by atoms with Gasteiger partial charge in [-0.1, -0.05) is 51.1 Å². The van der Waals surface area contributed by atoms with E-state index in [0.29, 0.717) is 24.1 Å². The van der Waals surface area contributed by atoms with E-state index in [1.807, 2.05) is 0 Å². The Bertz CT molecular complexity index is 363. The van der Waals surface area contributed by atoms with Gasteiger partial charge in [-0.05, 0) is 30.7 Å². The third kappa shape index (κ3) is 4.05. The number of benzene rings is 1. The molecule has 0 saturated carbocycles. The van der Waals surface area contributed by atoms with Crippen molar-refractivity contribution in [3.8, 4) is 0 Å². The van der Waals surface area contributed by atoms with Gasteiger partial charge in [-0.25, -0.2) is 0 Å². The molecule has 1 aliphatic rings. The maximum Gasteiger partial charge on any atom is 0.0612 e. The average Bonchev–Trinajstić information content (AvgIpc) is 2.46. The first-order valence-electron chi connectivity index (χ1n) is 7.63. The van der Waals surface area contributed by atoms with Gasteiger partial charge in [0.2, 0.25) is 0 Å². The van der Waals surface area contributed by atoms with Crippen molar-refractivity contribution in [3.05, 3.63) is 35.9 Å². The molecule has 1 aromatic carbocycles. The minimum atomic E-state index is 0.416. The molecule has 1 N–H and O–H groups in total. The van der Waals surface area contributed by atoms with Crippen molar-refractivity contribution in [1.29, 1.82) is 0 Å². The molecule has 2 heteroatoms. The number of hydrogen-bond donors (Lipinski definition) is 1. The minimum Gasteiger partial charge on any atom is -0.378 e. The van der Waals surface area contributed by atoms with Crippen LogP contribution >= 0.6 is 0 Å². The highest BCUT2D eigenvalue weighted by molar-refractivity contribution is 5.18. The highest BCUT2D eigenvalue weighted by Gasteiger charge is 2.26. The molecule has 3 atom stereocenters. The molecule has 2 rings (SSSR count). The monoisotopic (exact) mass is 261 g/mol. The van der Waals surface area contributed by atoms with Crippen molar-refractivity contribution in [3.63, 3.8) is 0 Å². The first kappa shape index (κ1) is 14.5. The summed E-state index contributed by atoms with van der Waals surface area (Å²) < 4.78 is 5.85. The number of ether oxygens (including phenoxy) is 1. The van der Waals surface area contributed by atoms with E-state index in [2.05, 4.69) is 56.4 Å². The molecule has 1 aliphatic heterocycles. The van der Waals surface area contributed by atoms with Crippen LogP contribution in [-0.4, -0.2) is 18.8 Å². The van der Waals surface area contributed by atoms with Crippen LogP contribution in [0.25, 0.3) is 0 Å². The zero-order chi connectivity index (χ0) is 13.7. The highest BCUT2D eigenvalue weighted by Crippen LogP contribution is 2.24. The molecule has 0 spiro atoms. The van der Waals surface area contributed by atoms with Gasteiger partial charge in [0.25, 0.3) is 0 Å². The van der Waals surface area contributed by atoms with Crippen LogP contribution in [0.2, 0.25) is 0 Å². The molecule has 3 unspecified atom stereocenters. The number of nitrogens with one attached hydrogen (secondary N) is 1. The van der Waals surface area contributed by atoms with E-state index in [1.165, 1.54) is 5.56 Å². The van der Waals surface area contributed by atoms with E-state index in [9.17, 15) is 0 Å². The van der Waals surface area contributed by atoms with Crippen LogP contribution in [0, 0.1) is 5.92 Å².